The molecule has 0 saturated heterocycles. The molecule has 4 nitrogen and oxygen atoms in total. The van der Waals surface area contributed by atoms with Gasteiger partial charge in [0, 0.05) is 34.6 Å². The van der Waals surface area contributed by atoms with E-state index < -0.39 is 0 Å². The summed E-state index contributed by atoms with van der Waals surface area (Å²) in [4.78, 5) is 15.2. The zero-order valence-corrected chi connectivity index (χ0v) is 18.1. The number of amides is 1. The van der Waals surface area contributed by atoms with Gasteiger partial charge in [-0.1, -0.05) is 29.8 Å². The Morgan fingerprint density at radius 2 is 1.83 bits per heavy atom. The van der Waals surface area contributed by atoms with Crippen LogP contribution < -0.4 is 4.74 Å². The van der Waals surface area contributed by atoms with Gasteiger partial charge in [-0.25, -0.2) is 0 Å². The first-order valence-corrected chi connectivity index (χ1v) is 10.0. The topological polar surface area (TPSA) is 34.5 Å². The molecule has 2 aromatic carbocycles. The van der Waals surface area contributed by atoms with Crippen molar-refractivity contribution in [2.24, 2.45) is 0 Å². The van der Waals surface area contributed by atoms with Crippen LogP contribution in [0.25, 0.3) is 0 Å². The Morgan fingerprint density at radius 1 is 1.07 bits per heavy atom. The maximum atomic E-state index is 13.3. The fourth-order valence-electron chi connectivity index (χ4n) is 3.27. The summed E-state index contributed by atoms with van der Waals surface area (Å²) in [5, 5.41) is 0.723. The minimum Gasteiger partial charge on any atom is -0.497 e. The highest BCUT2D eigenvalue weighted by Gasteiger charge is 2.28. The van der Waals surface area contributed by atoms with Gasteiger partial charge in [0.25, 0.3) is 5.91 Å². The first kappa shape index (κ1) is 21.0. The van der Waals surface area contributed by atoms with Gasteiger partial charge in [0.1, 0.15) is 5.75 Å². The Kier molecular flexibility index (Phi) is 6.33. The van der Waals surface area contributed by atoms with Crippen LogP contribution in [-0.4, -0.2) is 28.0 Å². The first-order valence-electron chi connectivity index (χ1n) is 9.62. The number of benzene rings is 2. The number of halogens is 1. The van der Waals surface area contributed by atoms with Crippen molar-refractivity contribution in [2.45, 2.75) is 39.4 Å². The SMILES string of the molecule is COc1cccc(C(=O)N(Cc2cccn2Cc2cccc(Cl)c2)C(C)(C)C)c1. The van der Waals surface area contributed by atoms with E-state index in [0.717, 1.165) is 16.3 Å². The molecular weight excluding hydrogens is 384 g/mol. The second kappa shape index (κ2) is 8.75. The molecule has 1 heterocycles. The summed E-state index contributed by atoms with van der Waals surface area (Å²) in [6.45, 7) is 7.36. The van der Waals surface area contributed by atoms with Crippen LogP contribution in [0.3, 0.4) is 0 Å². The highest BCUT2D eigenvalue weighted by molar-refractivity contribution is 6.30. The van der Waals surface area contributed by atoms with E-state index in [9.17, 15) is 4.79 Å². The Morgan fingerprint density at radius 3 is 2.52 bits per heavy atom. The maximum Gasteiger partial charge on any atom is 0.254 e. The van der Waals surface area contributed by atoms with Crippen molar-refractivity contribution < 1.29 is 9.53 Å². The van der Waals surface area contributed by atoms with Crippen molar-refractivity contribution in [3.63, 3.8) is 0 Å². The molecule has 0 bridgehead atoms. The molecule has 0 aliphatic rings. The molecule has 1 aromatic heterocycles. The van der Waals surface area contributed by atoms with E-state index >= 15 is 0 Å². The fourth-order valence-corrected chi connectivity index (χ4v) is 3.48. The van der Waals surface area contributed by atoms with Crippen LogP contribution >= 0.6 is 11.6 Å². The Labute approximate surface area is 177 Å². The van der Waals surface area contributed by atoms with Gasteiger partial charge in [-0.3, -0.25) is 4.79 Å². The van der Waals surface area contributed by atoms with Crippen molar-refractivity contribution in [1.82, 2.24) is 9.47 Å². The summed E-state index contributed by atoms with van der Waals surface area (Å²) in [7, 11) is 1.61. The zero-order chi connectivity index (χ0) is 21.0. The number of carbonyl (C=O) groups is 1. The molecule has 0 N–H and O–H groups in total. The predicted molar refractivity (Wildman–Crippen MR) is 118 cm³/mol. The third kappa shape index (κ3) is 5.21. The summed E-state index contributed by atoms with van der Waals surface area (Å²) < 4.78 is 7.44. The predicted octanol–water partition coefficient (Wildman–Crippen LogP) is 5.64. The molecule has 0 fully saturated rings. The summed E-state index contributed by atoms with van der Waals surface area (Å²) in [5.41, 5.74) is 2.46. The first-order chi connectivity index (χ1) is 13.8. The van der Waals surface area contributed by atoms with E-state index in [1.807, 2.05) is 53.6 Å². The third-order valence-electron chi connectivity index (χ3n) is 4.86. The van der Waals surface area contributed by atoms with Crippen LogP contribution in [-0.2, 0) is 13.1 Å². The normalized spacial score (nSPS) is 11.3. The monoisotopic (exact) mass is 410 g/mol. The molecule has 0 saturated carbocycles. The lowest BCUT2D eigenvalue weighted by Crippen LogP contribution is -2.45. The highest BCUT2D eigenvalue weighted by atomic mass is 35.5. The quantitative estimate of drug-likeness (QED) is 0.527. The van der Waals surface area contributed by atoms with Gasteiger partial charge in [-0.2, -0.15) is 0 Å². The molecule has 0 radical (unpaired) electrons. The molecule has 0 unspecified atom stereocenters. The lowest BCUT2D eigenvalue weighted by molar-refractivity contribution is 0.0552. The number of hydrogen-bond donors (Lipinski definition) is 0. The summed E-state index contributed by atoms with van der Waals surface area (Å²) in [6, 6.07) is 19.2. The summed E-state index contributed by atoms with van der Waals surface area (Å²) in [6.07, 6.45) is 2.03. The molecule has 152 valence electrons. The number of ether oxygens (including phenoxy) is 1. The van der Waals surface area contributed by atoms with Gasteiger partial charge in [0.15, 0.2) is 0 Å². The van der Waals surface area contributed by atoms with Crippen molar-refractivity contribution in [1.29, 1.82) is 0 Å². The van der Waals surface area contributed by atoms with Crippen LogP contribution in [0.5, 0.6) is 5.75 Å². The maximum absolute atomic E-state index is 13.3. The van der Waals surface area contributed by atoms with Crippen LogP contribution in [0.1, 0.15) is 42.4 Å². The van der Waals surface area contributed by atoms with Crippen molar-refractivity contribution >= 4 is 17.5 Å². The molecule has 29 heavy (non-hydrogen) atoms. The Bertz CT molecular complexity index is 988. The molecule has 0 aliphatic heterocycles. The lowest BCUT2D eigenvalue weighted by atomic mass is 10.0. The van der Waals surface area contributed by atoms with Gasteiger partial charge in [0.2, 0.25) is 0 Å². The largest absolute Gasteiger partial charge is 0.497 e. The number of methoxy groups -OCH3 is 1. The van der Waals surface area contributed by atoms with Crippen molar-refractivity contribution in [3.8, 4) is 5.75 Å². The van der Waals surface area contributed by atoms with E-state index in [2.05, 4.69) is 37.5 Å². The Balaban J connectivity index is 1.87. The van der Waals surface area contributed by atoms with E-state index in [1.54, 1.807) is 13.2 Å². The second-order valence-electron chi connectivity index (χ2n) is 8.05. The van der Waals surface area contributed by atoms with Crippen molar-refractivity contribution in [2.75, 3.05) is 7.11 Å². The third-order valence-corrected chi connectivity index (χ3v) is 5.09. The van der Waals surface area contributed by atoms with Crippen LogP contribution in [0, 0.1) is 0 Å². The van der Waals surface area contributed by atoms with Crippen molar-refractivity contribution in [3.05, 3.63) is 88.7 Å². The van der Waals surface area contributed by atoms with E-state index in [1.165, 1.54) is 0 Å². The average molecular weight is 411 g/mol. The van der Waals surface area contributed by atoms with Gasteiger partial charge in [-0.05, 0) is 68.8 Å². The van der Waals surface area contributed by atoms with Crippen LogP contribution in [0.4, 0.5) is 0 Å². The number of carbonyl (C=O) groups excluding carboxylic acids is 1. The molecular formula is C24H27ClN2O2. The van der Waals surface area contributed by atoms with E-state index in [0.29, 0.717) is 24.4 Å². The average Bonchev–Trinajstić information content (AvgIpc) is 3.11. The summed E-state index contributed by atoms with van der Waals surface area (Å²) >= 11 is 6.13. The molecule has 5 heteroatoms. The smallest absolute Gasteiger partial charge is 0.254 e. The number of rotatable bonds is 6. The summed E-state index contributed by atoms with van der Waals surface area (Å²) in [5.74, 6) is 0.654. The van der Waals surface area contributed by atoms with Gasteiger partial charge in [0.05, 0.1) is 13.7 Å². The van der Waals surface area contributed by atoms with Crippen LogP contribution in [0.15, 0.2) is 66.9 Å². The fraction of sp³-hybridized carbons (Fsp3) is 0.292. The minimum absolute atomic E-state index is 0.0214. The van der Waals surface area contributed by atoms with E-state index in [4.69, 9.17) is 16.3 Å². The van der Waals surface area contributed by atoms with Gasteiger partial charge >= 0.3 is 0 Å². The molecule has 1 amide bonds. The van der Waals surface area contributed by atoms with Gasteiger partial charge < -0.3 is 14.2 Å². The van der Waals surface area contributed by atoms with E-state index in [-0.39, 0.29) is 11.4 Å². The lowest BCUT2D eigenvalue weighted by Gasteiger charge is -2.36. The number of hydrogen-bond acceptors (Lipinski definition) is 2. The van der Waals surface area contributed by atoms with Crippen LogP contribution in [0.2, 0.25) is 5.02 Å². The molecule has 0 spiro atoms. The number of aromatic nitrogens is 1. The van der Waals surface area contributed by atoms with Gasteiger partial charge in [-0.15, -0.1) is 0 Å². The molecule has 0 atom stereocenters. The second-order valence-corrected chi connectivity index (χ2v) is 8.49. The molecule has 3 aromatic rings. The minimum atomic E-state index is -0.342. The zero-order valence-electron chi connectivity index (χ0n) is 17.4. The standard InChI is InChI=1S/C24H27ClN2O2/c1-24(2,3)27(23(28)19-9-6-12-22(15-19)29-4)17-21-11-7-13-26(21)16-18-8-5-10-20(25)14-18/h5-15H,16-17H2,1-4H3. The molecule has 3 rings (SSSR count). The Hall–Kier alpha value is -2.72. The molecule has 0 aliphatic carbocycles. The number of nitrogens with zero attached hydrogens (tertiary/aromatic N) is 2. The highest BCUT2D eigenvalue weighted by Crippen LogP contribution is 2.23.